The van der Waals surface area contributed by atoms with Crippen LogP contribution >= 0.6 is 0 Å². The highest BCUT2D eigenvalue weighted by molar-refractivity contribution is 5.86. The third-order valence-corrected chi connectivity index (χ3v) is 11.8. The highest BCUT2D eigenvalue weighted by atomic mass is 19.1. The molecular weight excluding hydrogens is 565 g/mol. The molecule has 10 heteroatoms. The molecule has 0 saturated heterocycles. The molecule has 232 valence electrons. The number of esters is 2. The average molecular weight is 604 g/mol. The molecule has 1 aromatic carbocycles. The van der Waals surface area contributed by atoms with Crippen molar-refractivity contribution in [3.63, 3.8) is 0 Å². The van der Waals surface area contributed by atoms with E-state index in [9.17, 15) is 24.2 Å². The first kappa shape index (κ1) is 29.2. The van der Waals surface area contributed by atoms with Gasteiger partial charge in [0.25, 0.3) is 0 Å². The van der Waals surface area contributed by atoms with Crippen molar-refractivity contribution in [2.24, 2.45) is 34.5 Å². The third-order valence-electron chi connectivity index (χ3n) is 11.8. The van der Waals surface area contributed by atoms with Crippen LogP contribution in [0.15, 0.2) is 30.0 Å². The molecule has 44 heavy (non-hydrogen) atoms. The number of benzene rings is 1. The van der Waals surface area contributed by atoms with Gasteiger partial charge in [-0.05, 0) is 104 Å². The summed E-state index contributed by atoms with van der Waals surface area (Å²) < 4.78 is 27.4. The molecule has 7 rings (SSSR count). The summed E-state index contributed by atoms with van der Waals surface area (Å²) in [7, 11) is 0. The number of hydrogen-bond acceptors (Lipinski definition) is 8. The first-order valence-corrected chi connectivity index (χ1v) is 15.7. The summed E-state index contributed by atoms with van der Waals surface area (Å²) in [4.78, 5) is 26.7. The molecule has 1 aromatic heterocycles. The van der Waals surface area contributed by atoms with E-state index in [1.54, 1.807) is 16.8 Å². The lowest BCUT2D eigenvalue weighted by Crippen LogP contribution is -2.63. The fourth-order valence-electron chi connectivity index (χ4n) is 9.53. The van der Waals surface area contributed by atoms with E-state index in [-0.39, 0.29) is 47.0 Å². The number of allylic oxidation sites excluding steroid dienone is 1. The Morgan fingerprint density at radius 1 is 1.23 bits per heavy atom. The van der Waals surface area contributed by atoms with Crippen LogP contribution in [0, 0.1) is 51.6 Å². The lowest BCUT2D eigenvalue weighted by molar-refractivity contribution is -0.214. The molecule has 7 atom stereocenters. The van der Waals surface area contributed by atoms with Crippen molar-refractivity contribution in [1.82, 2.24) is 9.78 Å². The number of carbonyl (C=O) groups is 2. The Labute approximate surface area is 255 Å². The number of aromatic nitrogens is 2. The number of fused-ring (bicyclic) bond motifs is 6. The first-order chi connectivity index (χ1) is 21.1. The predicted molar refractivity (Wildman–Crippen MR) is 155 cm³/mol. The Morgan fingerprint density at radius 3 is 2.75 bits per heavy atom. The Balaban J connectivity index is 1.22. The number of nitriles is 1. The molecule has 2 aromatic rings. The zero-order valence-electron chi connectivity index (χ0n) is 25.1. The minimum absolute atomic E-state index is 0.0242. The molecule has 4 saturated carbocycles. The molecule has 5 aliphatic rings. The van der Waals surface area contributed by atoms with Gasteiger partial charge < -0.3 is 19.7 Å². The summed E-state index contributed by atoms with van der Waals surface area (Å²) in [5, 5.41) is 35.4. The summed E-state index contributed by atoms with van der Waals surface area (Å²) in [6.07, 6.45) is 8.30. The monoisotopic (exact) mass is 603 g/mol. The van der Waals surface area contributed by atoms with Crippen molar-refractivity contribution in [1.29, 1.82) is 5.26 Å². The predicted octanol–water partition coefficient (Wildman–Crippen LogP) is 4.42. The molecular formula is C34H38FN3O6. The minimum atomic E-state index is -1.53. The minimum Gasteiger partial charge on any atom is -0.447 e. The van der Waals surface area contributed by atoms with E-state index in [0.29, 0.717) is 24.9 Å². The quantitative estimate of drug-likeness (QED) is 0.464. The fourth-order valence-corrected chi connectivity index (χ4v) is 9.53. The summed E-state index contributed by atoms with van der Waals surface area (Å²) in [5.74, 6) is -1.68. The fraction of sp³-hybridized carbons (Fsp3) is 0.588. The molecule has 2 N–H and O–H groups in total. The van der Waals surface area contributed by atoms with Gasteiger partial charge in [-0.1, -0.05) is 19.4 Å². The molecule has 0 spiro atoms. The zero-order chi connectivity index (χ0) is 31.0. The van der Waals surface area contributed by atoms with E-state index in [2.05, 4.69) is 18.1 Å². The lowest BCUT2D eigenvalue weighted by Gasteiger charge is -2.60. The number of carbonyl (C=O) groups excluding carboxylic acids is 2. The molecule has 0 radical (unpaired) electrons. The van der Waals surface area contributed by atoms with Gasteiger partial charge in [0.05, 0.1) is 36.2 Å². The molecule has 0 amide bonds. The van der Waals surface area contributed by atoms with Gasteiger partial charge in [-0.15, -0.1) is 0 Å². The highest BCUT2D eigenvalue weighted by Gasteiger charge is 2.71. The maximum atomic E-state index is 14.1. The second kappa shape index (κ2) is 10.2. The van der Waals surface area contributed by atoms with Gasteiger partial charge in [-0.25, -0.2) is 13.9 Å². The summed E-state index contributed by atoms with van der Waals surface area (Å²) in [5.41, 5.74) is 1.37. The van der Waals surface area contributed by atoms with Crippen LogP contribution in [0.5, 0.6) is 0 Å². The van der Waals surface area contributed by atoms with Crippen LogP contribution in [0.3, 0.4) is 0 Å². The van der Waals surface area contributed by atoms with Gasteiger partial charge in [0.1, 0.15) is 11.9 Å². The topological polar surface area (TPSA) is 135 Å². The molecule has 5 aliphatic carbocycles. The number of halogens is 1. The van der Waals surface area contributed by atoms with Gasteiger partial charge in [0.15, 0.2) is 6.61 Å². The number of nitrogens with zero attached hydrogens (tertiary/aromatic N) is 3. The second-order valence-electron chi connectivity index (χ2n) is 14.0. The van der Waals surface area contributed by atoms with Crippen molar-refractivity contribution < 1.29 is 33.7 Å². The van der Waals surface area contributed by atoms with Crippen molar-refractivity contribution in [2.45, 2.75) is 83.5 Å². The zero-order valence-corrected chi connectivity index (χ0v) is 25.1. The highest BCUT2D eigenvalue weighted by Crippen LogP contribution is 2.68. The standard InChI is InChI=1S/C34H38FN3O6/c1-32-15-21-17-37-38(23-6-8-26(35)20(13-23)18-39)27(21)14-22(32)5-7-24-25-9-10-34(31(42)43-12-11-36,44-30(41)19-3-4-19)33(25,2)16-28(40)29(24)32/h6,8,13-14,17,19,24-25,28-29,39-40H,3-5,7,9-10,12,15-16,18H2,1-2H3/t24-,25-,28-,29+,32-,33-,34-/m0/s1. The molecule has 0 bridgehead atoms. The smallest absolute Gasteiger partial charge is 0.352 e. The number of rotatable bonds is 6. The van der Waals surface area contributed by atoms with E-state index in [0.717, 1.165) is 36.9 Å². The van der Waals surface area contributed by atoms with Crippen molar-refractivity contribution in [2.75, 3.05) is 6.61 Å². The van der Waals surface area contributed by atoms with E-state index >= 15 is 0 Å². The van der Waals surface area contributed by atoms with E-state index < -0.39 is 42.1 Å². The van der Waals surface area contributed by atoms with Gasteiger partial charge in [0, 0.05) is 11.0 Å². The Bertz CT molecular complexity index is 1610. The third kappa shape index (κ3) is 4.12. The number of aliphatic hydroxyl groups is 2. The van der Waals surface area contributed by atoms with Crippen LogP contribution in [0.4, 0.5) is 4.39 Å². The van der Waals surface area contributed by atoms with Crippen LogP contribution in [0.1, 0.15) is 75.6 Å². The number of ether oxygens (including phenoxy) is 2. The van der Waals surface area contributed by atoms with Crippen LogP contribution in [0.25, 0.3) is 11.8 Å². The SMILES string of the molecule is C[C@]12Cc3cnn(-c4ccc(F)c(CO)c4)c3C=C1CC[C@@H]1[C@@H]2[C@@H](O)C[C@@]2(C)[C@H]1CC[C@]2(OC(=O)C1CC1)C(=O)OCC#N. The molecule has 9 nitrogen and oxygen atoms in total. The second-order valence-corrected chi connectivity index (χ2v) is 14.0. The Kier molecular flexibility index (Phi) is 6.79. The van der Waals surface area contributed by atoms with E-state index in [4.69, 9.17) is 14.7 Å². The number of aliphatic hydroxyl groups excluding tert-OH is 2. The van der Waals surface area contributed by atoms with E-state index in [1.165, 1.54) is 11.6 Å². The molecule has 0 unspecified atom stereocenters. The lowest BCUT2D eigenvalue weighted by atomic mass is 9.45. The summed E-state index contributed by atoms with van der Waals surface area (Å²) in [6.45, 7) is 3.37. The van der Waals surface area contributed by atoms with Crippen molar-refractivity contribution in [3.05, 3.63) is 52.6 Å². The maximum absolute atomic E-state index is 14.1. The van der Waals surface area contributed by atoms with Crippen molar-refractivity contribution in [3.8, 4) is 11.8 Å². The Hall–Kier alpha value is -3.55. The van der Waals surface area contributed by atoms with Gasteiger partial charge >= 0.3 is 11.9 Å². The van der Waals surface area contributed by atoms with Crippen molar-refractivity contribution >= 4 is 18.0 Å². The molecule has 4 fully saturated rings. The number of hydrogen-bond donors (Lipinski definition) is 2. The van der Waals surface area contributed by atoms with E-state index in [1.807, 2.05) is 19.2 Å². The molecule has 0 aliphatic heterocycles. The van der Waals surface area contributed by atoms with Crippen LogP contribution in [0.2, 0.25) is 0 Å². The Morgan fingerprint density at radius 2 is 2.02 bits per heavy atom. The normalized spacial score (nSPS) is 35.3. The largest absolute Gasteiger partial charge is 0.447 e. The van der Waals surface area contributed by atoms with Gasteiger partial charge in [-0.3, -0.25) is 4.79 Å². The van der Waals surface area contributed by atoms with Crippen LogP contribution in [-0.2, 0) is 32.1 Å². The summed E-state index contributed by atoms with van der Waals surface area (Å²) in [6, 6.07) is 6.47. The average Bonchev–Trinajstić information content (AvgIpc) is 3.72. The van der Waals surface area contributed by atoms with Gasteiger partial charge in [-0.2, -0.15) is 10.4 Å². The van der Waals surface area contributed by atoms with Gasteiger partial charge in [0.2, 0.25) is 5.60 Å². The first-order valence-electron chi connectivity index (χ1n) is 15.7. The van der Waals surface area contributed by atoms with Crippen LogP contribution in [-0.4, -0.2) is 50.2 Å². The summed E-state index contributed by atoms with van der Waals surface area (Å²) >= 11 is 0. The maximum Gasteiger partial charge on any atom is 0.352 e. The molecule has 1 heterocycles. The van der Waals surface area contributed by atoms with Crippen LogP contribution < -0.4 is 0 Å².